The number of carbonyl (C=O) groups excluding carboxylic acids is 1. The summed E-state index contributed by atoms with van der Waals surface area (Å²) >= 11 is 0. The molecule has 0 bridgehead atoms. The molecule has 17 heavy (non-hydrogen) atoms. The molecule has 4 nitrogen and oxygen atoms in total. The molecule has 0 spiro atoms. The van der Waals surface area contributed by atoms with E-state index in [1.54, 1.807) is 29.6 Å². The van der Waals surface area contributed by atoms with Gasteiger partial charge in [-0.25, -0.2) is 9.97 Å². The Labute approximate surface area is 100 Å². The van der Waals surface area contributed by atoms with Crippen molar-refractivity contribution in [3.05, 3.63) is 35.4 Å². The van der Waals surface area contributed by atoms with Crippen molar-refractivity contribution in [1.82, 2.24) is 14.9 Å². The van der Waals surface area contributed by atoms with Crippen LogP contribution in [0.25, 0.3) is 0 Å². The second kappa shape index (κ2) is 4.28. The summed E-state index contributed by atoms with van der Waals surface area (Å²) in [6, 6.07) is 1.72. The van der Waals surface area contributed by atoms with Crippen LogP contribution in [0, 0.1) is 0 Å². The van der Waals surface area contributed by atoms with E-state index in [1.165, 1.54) is 12.8 Å². The van der Waals surface area contributed by atoms with Crippen molar-refractivity contribution in [3.63, 3.8) is 0 Å². The molecule has 4 heteroatoms. The lowest BCUT2D eigenvalue weighted by Gasteiger charge is -2.27. The monoisotopic (exact) mass is 229 g/mol. The number of likely N-dealkylation sites (tertiary alicyclic amines) is 1. The number of nitrogens with zero attached hydrogens (tertiary/aromatic N) is 3. The minimum atomic E-state index is -0.0366. The number of allylic oxidation sites excluding steroid dienone is 1. The normalized spacial score (nSPS) is 19.4. The maximum absolute atomic E-state index is 12.1. The smallest absolute Gasteiger partial charge is 0.291 e. The van der Waals surface area contributed by atoms with E-state index >= 15 is 0 Å². The topological polar surface area (TPSA) is 46.1 Å². The van der Waals surface area contributed by atoms with E-state index in [9.17, 15) is 4.79 Å². The molecule has 1 aromatic rings. The molecule has 2 fully saturated rings. The summed E-state index contributed by atoms with van der Waals surface area (Å²) in [6.45, 7) is 1.63. The van der Waals surface area contributed by atoms with Gasteiger partial charge in [-0.05, 0) is 31.7 Å². The lowest BCUT2D eigenvalue weighted by molar-refractivity contribution is 0.0731. The summed E-state index contributed by atoms with van der Waals surface area (Å²) in [4.78, 5) is 22.0. The number of rotatable bonds is 1. The molecule has 0 N–H and O–H groups in total. The van der Waals surface area contributed by atoms with Gasteiger partial charge >= 0.3 is 0 Å². The highest BCUT2D eigenvalue weighted by atomic mass is 16.2. The number of piperidine rings is 1. The van der Waals surface area contributed by atoms with Crippen LogP contribution < -0.4 is 0 Å². The second-order valence-corrected chi connectivity index (χ2v) is 4.57. The van der Waals surface area contributed by atoms with Gasteiger partial charge in [-0.15, -0.1) is 0 Å². The predicted molar refractivity (Wildman–Crippen MR) is 63.4 cm³/mol. The Morgan fingerprint density at radius 3 is 2.18 bits per heavy atom. The van der Waals surface area contributed by atoms with E-state index in [0.29, 0.717) is 5.82 Å². The summed E-state index contributed by atoms with van der Waals surface area (Å²) in [5, 5.41) is 0. The van der Waals surface area contributed by atoms with E-state index in [2.05, 4.69) is 9.97 Å². The highest BCUT2D eigenvalue weighted by Gasteiger charge is 2.25. The van der Waals surface area contributed by atoms with Crippen molar-refractivity contribution in [2.24, 2.45) is 0 Å². The third-order valence-electron chi connectivity index (χ3n) is 3.41. The van der Waals surface area contributed by atoms with E-state index in [-0.39, 0.29) is 5.91 Å². The predicted octanol–water partition coefficient (Wildman–Crippen LogP) is 1.80. The van der Waals surface area contributed by atoms with Crippen LogP contribution in [0.2, 0.25) is 0 Å². The fraction of sp³-hybridized carbons (Fsp3) is 0.462. The van der Waals surface area contributed by atoms with Crippen LogP contribution in [0.4, 0.5) is 0 Å². The van der Waals surface area contributed by atoms with Gasteiger partial charge in [0.15, 0.2) is 0 Å². The third-order valence-corrected chi connectivity index (χ3v) is 3.41. The van der Waals surface area contributed by atoms with Crippen molar-refractivity contribution in [1.29, 1.82) is 0 Å². The van der Waals surface area contributed by atoms with Crippen LogP contribution in [0.15, 0.2) is 29.6 Å². The SMILES string of the molecule is O=C(c1ncccn1)N1CCC(=C2CC2)CC1. The Balaban J connectivity index is 1.67. The van der Waals surface area contributed by atoms with Crippen molar-refractivity contribution >= 4 is 5.91 Å². The van der Waals surface area contributed by atoms with Crippen LogP contribution in [-0.2, 0) is 0 Å². The third kappa shape index (κ3) is 2.20. The van der Waals surface area contributed by atoms with Gasteiger partial charge in [-0.1, -0.05) is 11.1 Å². The Morgan fingerprint density at radius 2 is 1.59 bits per heavy atom. The van der Waals surface area contributed by atoms with Crippen molar-refractivity contribution in [2.75, 3.05) is 13.1 Å². The average molecular weight is 229 g/mol. The lowest BCUT2D eigenvalue weighted by atomic mass is 10.0. The maximum Gasteiger partial charge on any atom is 0.291 e. The summed E-state index contributed by atoms with van der Waals surface area (Å²) in [5.41, 5.74) is 3.22. The first-order valence-corrected chi connectivity index (χ1v) is 6.10. The van der Waals surface area contributed by atoms with Gasteiger partial charge in [0.05, 0.1) is 0 Å². The number of aromatic nitrogens is 2. The zero-order valence-corrected chi connectivity index (χ0v) is 9.72. The van der Waals surface area contributed by atoms with Crippen molar-refractivity contribution < 1.29 is 4.79 Å². The fourth-order valence-electron chi connectivity index (χ4n) is 2.30. The molecule has 88 valence electrons. The maximum atomic E-state index is 12.1. The first kappa shape index (κ1) is 10.4. The molecule has 1 saturated heterocycles. The van der Waals surface area contributed by atoms with Gasteiger partial charge in [-0.2, -0.15) is 0 Å². The highest BCUT2D eigenvalue weighted by molar-refractivity contribution is 5.90. The molecule has 1 saturated carbocycles. The van der Waals surface area contributed by atoms with Gasteiger partial charge in [0.2, 0.25) is 5.82 Å². The summed E-state index contributed by atoms with van der Waals surface area (Å²) < 4.78 is 0. The Morgan fingerprint density at radius 1 is 1.00 bits per heavy atom. The second-order valence-electron chi connectivity index (χ2n) is 4.57. The average Bonchev–Trinajstić information content (AvgIpc) is 3.24. The molecule has 0 aromatic carbocycles. The minimum absolute atomic E-state index is 0.0366. The van der Waals surface area contributed by atoms with E-state index in [4.69, 9.17) is 0 Å². The number of amides is 1. The van der Waals surface area contributed by atoms with E-state index < -0.39 is 0 Å². The lowest BCUT2D eigenvalue weighted by Crippen LogP contribution is -2.37. The van der Waals surface area contributed by atoms with Crippen molar-refractivity contribution in [3.8, 4) is 0 Å². The molecule has 0 atom stereocenters. The standard InChI is InChI=1S/C13H15N3O/c17-13(12-14-6-1-7-15-12)16-8-4-11(5-9-16)10-2-3-10/h1,6-7H,2-5,8-9H2. The molecule has 0 unspecified atom stereocenters. The van der Waals surface area contributed by atoms with Crippen LogP contribution in [0.1, 0.15) is 36.3 Å². The Bertz CT molecular complexity index is 451. The van der Waals surface area contributed by atoms with E-state index in [0.717, 1.165) is 25.9 Å². The van der Waals surface area contributed by atoms with Gasteiger partial charge < -0.3 is 4.90 Å². The molecule has 1 aliphatic heterocycles. The Kier molecular flexibility index (Phi) is 2.63. The zero-order chi connectivity index (χ0) is 11.7. The first-order valence-electron chi connectivity index (χ1n) is 6.10. The number of carbonyl (C=O) groups is 1. The van der Waals surface area contributed by atoms with Crippen LogP contribution in [0.5, 0.6) is 0 Å². The molecule has 1 aromatic heterocycles. The van der Waals surface area contributed by atoms with Crippen LogP contribution in [-0.4, -0.2) is 33.9 Å². The molecule has 2 aliphatic rings. The molecule has 0 radical (unpaired) electrons. The summed E-state index contributed by atoms with van der Waals surface area (Å²) in [5.74, 6) is 0.278. The number of hydrogen-bond acceptors (Lipinski definition) is 3. The molecular weight excluding hydrogens is 214 g/mol. The summed E-state index contributed by atoms with van der Waals surface area (Å²) in [7, 11) is 0. The number of hydrogen-bond donors (Lipinski definition) is 0. The highest BCUT2D eigenvalue weighted by Crippen LogP contribution is 2.36. The van der Waals surface area contributed by atoms with Crippen molar-refractivity contribution in [2.45, 2.75) is 25.7 Å². The van der Waals surface area contributed by atoms with Crippen LogP contribution >= 0.6 is 0 Å². The molecule has 3 rings (SSSR count). The van der Waals surface area contributed by atoms with Gasteiger partial charge in [0, 0.05) is 25.5 Å². The van der Waals surface area contributed by atoms with Gasteiger partial charge in [-0.3, -0.25) is 4.79 Å². The largest absolute Gasteiger partial charge is 0.335 e. The van der Waals surface area contributed by atoms with Gasteiger partial charge in [0.1, 0.15) is 0 Å². The Hall–Kier alpha value is -1.71. The molecule has 1 aliphatic carbocycles. The zero-order valence-electron chi connectivity index (χ0n) is 9.72. The van der Waals surface area contributed by atoms with E-state index in [1.807, 2.05) is 4.90 Å². The minimum Gasteiger partial charge on any atom is -0.335 e. The first-order chi connectivity index (χ1) is 8.34. The summed E-state index contributed by atoms with van der Waals surface area (Å²) in [6.07, 6.45) is 7.86. The van der Waals surface area contributed by atoms with Gasteiger partial charge in [0.25, 0.3) is 5.91 Å². The fourth-order valence-corrected chi connectivity index (χ4v) is 2.30. The molecule has 2 heterocycles. The molecular formula is C13H15N3O. The quantitative estimate of drug-likeness (QED) is 0.690. The molecule has 1 amide bonds. The van der Waals surface area contributed by atoms with Crippen LogP contribution in [0.3, 0.4) is 0 Å².